The van der Waals surface area contributed by atoms with Crippen molar-refractivity contribution >= 4 is 16.6 Å². The molecule has 4 heteroatoms. The molecule has 0 fully saturated rings. The number of hydrogen-bond acceptors (Lipinski definition) is 3. The van der Waals surface area contributed by atoms with Crippen molar-refractivity contribution < 1.29 is 13.7 Å². The first-order valence-electron chi connectivity index (χ1n) is 4.39. The second-order valence-corrected chi connectivity index (χ2v) is 4.26. The lowest BCUT2D eigenvalue weighted by Gasteiger charge is -1.98. The number of hydrogen-bond donors (Lipinski definition) is 0. The van der Waals surface area contributed by atoms with Gasteiger partial charge < -0.3 is 4.74 Å². The molecule has 1 rings (SSSR count). The summed E-state index contributed by atoms with van der Waals surface area (Å²) >= 11 is 0. The zero-order valence-electron chi connectivity index (χ0n) is 8.38. The lowest BCUT2D eigenvalue weighted by atomic mass is 10.4. The van der Waals surface area contributed by atoms with Gasteiger partial charge in [-0.15, -0.1) is 0 Å². The van der Waals surface area contributed by atoms with E-state index in [1.165, 1.54) is 19.4 Å². The minimum Gasteiger partial charge on any atom is -0.504 e. The molecule has 80 valence electrons. The van der Waals surface area contributed by atoms with Gasteiger partial charge in [0.1, 0.15) is 0 Å². The van der Waals surface area contributed by atoms with Crippen molar-refractivity contribution in [1.82, 2.24) is 0 Å². The van der Waals surface area contributed by atoms with Crippen LogP contribution in [0.1, 0.15) is 0 Å². The fourth-order valence-electron chi connectivity index (χ4n) is 0.977. The third-order valence-electron chi connectivity index (χ3n) is 1.67. The van der Waals surface area contributed by atoms with Gasteiger partial charge >= 0.3 is 0 Å². The summed E-state index contributed by atoms with van der Waals surface area (Å²) in [5.74, 6) is -0.219. The van der Waals surface area contributed by atoms with Gasteiger partial charge in [0.05, 0.1) is 29.9 Å². The quantitative estimate of drug-likeness (QED) is 0.563. The summed E-state index contributed by atoms with van der Waals surface area (Å²) in [5.41, 5.74) is 0. The lowest BCUT2D eigenvalue weighted by molar-refractivity contribution is -0.112. The Bertz CT molecular complexity index is 371. The van der Waals surface area contributed by atoms with Gasteiger partial charge in [0, 0.05) is 11.0 Å². The van der Waals surface area contributed by atoms with Crippen LogP contribution in [0.4, 0.5) is 0 Å². The molecule has 1 aromatic carbocycles. The van der Waals surface area contributed by atoms with E-state index in [0.29, 0.717) is 4.90 Å². The van der Waals surface area contributed by atoms with Crippen LogP contribution in [0.3, 0.4) is 0 Å². The van der Waals surface area contributed by atoms with Gasteiger partial charge in [0.15, 0.2) is 5.78 Å². The van der Waals surface area contributed by atoms with E-state index in [4.69, 9.17) is 0 Å². The topological polar surface area (TPSA) is 43.4 Å². The Balaban J connectivity index is 2.57. The average molecular weight is 225 g/mol. The Labute approximate surface area is 91.2 Å². The van der Waals surface area contributed by atoms with Crippen LogP contribution in [0, 0.1) is 0 Å². The van der Waals surface area contributed by atoms with Crippen LogP contribution < -0.4 is 0 Å². The second-order valence-electron chi connectivity index (χ2n) is 2.81. The number of ketones is 1. The summed E-state index contributed by atoms with van der Waals surface area (Å²) in [6.45, 7) is 0. The standard InChI is InChI=1S/C11H12O3S/c1-14-8-7-10(12)9-15(13)11-5-3-2-4-6-11/h2-8H,9H2,1H3/i11+1. The highest BCUT2D eigenvalue weighted by atomic mass is 32.2. The van der Waals surface area contributed by atoms with E-state index in [9.17, 15) is 9.00 Å². The molecular formula is C11H12O3S. The lowest BCUT2D eigenvalue weighted by Crippen LogP contribution is -2.07. The van der Waals surface area contributed by atoms with Crippen molar-refractivity contribution in [2.75, 3.05) is 12.9 Å². The summed E-state index contributed by atoms with van der Waals surface area (Å²) in [6, 6.07) is 8.91. The van der Waals surface area contributed by atoms with Crippen LogP contribution in [0.25, 0.3) is 0 Å². The summed E-state index contributed by atoms with van der Waals surface area (Å²) in [4.78, 5) is 11.9. The molecule has 0 spiro atoms. The maximum Gasteiger partial charge on any atom is 0.171 e. The number of carbonyl (C=O) groups excluding carboxylic acids is 1. The van der Waals surface area contributed by atoms with Gasteiger partial charge in [-0.2, -0.15) is 0 Å². The van der Waals surface area contributed by atoms with Crippen LogP contribution in [-0.2, 0) is 20.3 Å². The number of benzene rings is 1. The van der Waals surface area contributed by atoms with Crippen molar-refractivity contribution in [3.8, 4) is 0 Å². The van der Waals surface area contributed by atoms with Gasteiger partial charge in [0.2, 0.25) is 0 Å². The van der Waals surface area contributed by atoms with Gasteiger partial charge in [0.25, 0.3) is 0 Å². The van der Waals surface area contributed by atoms with Gasteiger partial charge in [-0.25, -0.2) is 0 Å². The molecule has 0 saturated carbocycles. The Hall–Kier alpha value is -1.42. The molecular weight excluding hydrogens is 213 g/mol. The fraction of sp³-hybridized carbons (Fsp3) is 0.182. The highest BCUT2D eigenvalue weighted by Gasteiger charge is 2.06. The van der Waals surface area contributed by atoms with Crippen molar-refractivity contribution in [1.29, 1.82) is 0 Å². The number of methoxy groups -OCH3 is 1. The van der Waals surface area contributed by atoms with E-state index < -0.39 is 10.8 Å². The smallest absolute Gasteiger partial charge is 0.171 e. The zero-order valence-corrected chi connectivity index (χ0v) is 9.20. The Kier molecular flexibility index (Phi) is 4.77. The van der Waals surface area contributed by atoms with E-state index in [0.717, 1.165) is 0 Å². The molecule has 0 amide bonds. The third kappa shape index (κ3) is 4.08. The number of carbonyl (C=O) groups is 1. The van der Waals surface area contributed by atoms with E-state index >= 15 is 0 Å². The molecule has 0 aliphatic heterocycles. The van der Waals surface area contributed by atoms with Crippen molar-refractivity contribution in [3.63, 3.8) is 0 Å². The third-order valence-corrected chi connectivity index (χ3v) is 3.01. The second kappa shape index (κ2) is 6.14. The molecule has 3 nitrogen and oxygen atoms in total. The van der Waals surface area contributed by atoms with E-state index in [-0.39, 0.29) is 11.5 Å². The van der Waals surface area contributed by atoms with Crippen LogP contribution >= 0.6 is 0 Å². The Morgan fingerprint density at radius 2 is 2.07 bits per heavy atom. The van der Waals surface area contributed by atoms with Crippen molar-refractivity contribution in [3.05, 3.63) is 42.7 Å². The monoisotopic (exact) mass is 225 g/mol. The Morgan fingerprint density at radius 1 is 1.40 bits per heavy atom. The number of ether oxygens (including phenoxy) is 1. The van der Waals surface area contributed by atoms with Crippen LogP contribution in [-0.4, -0.2) is 22.9 Å². The van der Waals surface area contributed by atoms with Crippen LogP contribution in [0.15, 0.2) is 47.6 Å². The number of allylic oxidation sites excluding steroid dienone is 1. The Morgan fingerprint density at radius 3 is 2.67 bits per heavy atom. The number of rotatable bonds is 5. The SMILES string of the molecule is COC=CC(=O)CS(=O)[13c]1ccccc1. The molecule has 0 heterocycles. The van der Waals surface area contributed by atoms with E-state index in [1.54, 1.807) is 24.3 Å². The zero-order chi connectivity index (χ0) is 11.1. The maximum absolute atomic E-state index is 11.6. The minimum atomic E-state index is -1.27. The molecule has 1 unspecified atom stereocenters. The maximum atomic E-state index is 11.6. The predicted octanol–water partition coefficient (Wildman–Crippen LogP) is 1.52. The molecule has 0 N–H and O–H groups in total. The molecule has 0 saturated heterocycles. The summed E-state index contributed by atoms with van der Waals surface area (Å²) in [6.07, 6.45) is 2.56. The predicted molar refractivity (Wildman–Crippen MR) is 58.9 cm³/mol. The molecule has 0 bridgehead atoms. The molecule has 0 aliphatic rings. The first kappa shape index (κ1) is 11.7. The van der Waals surface area contributed by atoms with Crippen molar-refractivity contribution in [2.24, 2.45) is 0 Å². The van der Waals surface area contributed by atoms with Gasteiger partial charge in [-0.1, -0.05) is 18.2 Å². The normalized spacial score (nSPS) is 12.6. The van der Waals surface area contributed by atoms with Crippen LogP contribution in [0.5, 0.6) is 0 Å². The highest BCUT2D eigenvalue weighted by Crippen LogP contribution is 2.05. The average Bonchev–Trinajstić information content (AvgIpc) is 2.27. The summed E-state index contributed by atoms with van der Waals surface area (Å²) in [7, 11) is 0.183. The molecule has 1 atom stereocenters. The van der Waals surface area contributed by atoms with Crippen LogP contribution in [0.2, 0.25) is 0 Å². The summed E-state index contributed by atoms with van der Waals surface area (Å²) in [5, 5.41) is 0. The molecule has 0 aromatic heterocycles. The molecule has 0 aliphatic carbocycles. The molecule has 0 radical (unpaired) electrons. The minimum absolute atomic E-state index is 0.0100. The molecule has 1 aromatic rings. The largest absolute Gasteiger partial charge is 0.504 e. The molecule has 15 heavy (non-hydrogen) atoms. The highest BCUT2D eigenvalue weighted by molar-refractivity contribution is 7.85. The first-order chi connectivity index (χ1) is 7.24. The summed E-state index contributed by atoms with van der Waals surface area (Å²) < 4.78 is 16.2. The van der Waals surface area contributed by atoms with E-state index in [2.05, 4.69) is 4.74 Å². The van der Waals surface area contributed by atoms with Crippen molar-refractivity contribution in [2.45, 2.75) is 4.90 Å². The fourth-order valence-corrected chi connectivity index (χ4v) is 1.96. The van der Waals surface area contributed by atoms with Gasteiger partial charge in [-0.3, -0.25) is 9.00 Å². The first-order valence-corrected chi connectivity index (χ1v) is 5.71. The van der Waals surface area contributed by atoms with Gasteiger partial charge in [-0.05, 0) is 12.1 Å². The van der Waals surface area contributed by atoms with E-state index in [1.807, 2.05) is 6.07 Å².